The first-order valence-electron chi connectivity index (χ1n) is 17.8. The summed E-state index contributed by atoms with van der Waals surface area (Å²) in [5, 5.41) is 8.82. The van der Waals surface area contributed by atoms with Crippen LogP contribution in [0.1, 0.15) is 140 Å². The summed E-state index contributed by atoms with van der Waals surface area (Å²) in [4.78, 5) is 13.1. The Labute approximate surface area is 267 Å². The lowest BCUT2D eigenvalue weighted by atomic mass is 9.88. The van der Waals surface area contributed by atoms with Gasteiger partial charge in [-0.3, -0.25) is 0 Å². The van der Waals surface area contributed by atoms with Crippen LogP contribution in [-0.4, -0.2) is 51.2 Å². The summed E-state index contributed by atoms with van der Waals surface area (Å²) in [5.74, 6) is 1.70. The van der Waals surface area contributed by atoms with E-state index in [-0.39, 0.29) is 6.61 Å². The first kappa shape index (κ1) is 36.2. The van der Waals surface area contributed by atoms with Crippen molar-refractivity contribution in [2.45, 2.75) is 142 Å². The Morgan fingerprint density at radius 2 is 1.30 bits per heavy atom. The first-order chi connectivity index (χ1) is 21.6. The van der Waals surface area contributed by atoms with E-state index in [1.165, 1.54) is 38.5 Å². The molecule has 0 aromatic heterocycles. The number of nitriles is 1. The molecular formula is C37H59NO6. The Kier molecular flexibility index (Phi) is 18.3. The van der Waals surface area contributed by atoms with Gasteiger partial charge in [0.05, 0.1) is 38.1 Å². The molecule has 1 aromatic carbocycles. The van der Waals surface area contributed by atoms with E-state index in [4.69, 9.17) is 28.9 Å². The Morgan fingerprint density at radius 1 is 0.727 bits per heavy atom. The lowest BCUT2D eigenvalue weighted by molar-refractivity contribution is 0.0107. The summed E-state index contributed by atoms with van der Waals surface area (Å²) in [6.45, 7) is 7.63. The van der Waals surface area contributed by atoms with E-state index < -0.39 is 5.97 Å². The van der Waals surface area contributed by atoms with Crippen molar-refractivity contribution in [2.24, 2.45) is 11.8 Å². The third-order valence-corrected chi connectivity index (χ3v) is 9.09. The van der Waals surface area contributed by atoms with Gasteiger partial charge >= 0.3 is 5.97 Å². The highest BCUT2D eigenvalue weighted by Gasteiger charge is 2.25. The molecule has 0 aliphatic heterocycles. The van der Waals surface area contributed by atoms with Gasteiger partial charge in [0.15, 0.2) is 0 Å². The molecule has 7 heteroatoms. The molecule has 3 rings (SSSR count). The van der Waals surface area contributed by atoms with Crippen molar-refractivity contribution in [3.05, 3.63) is 23.8 Å². The number of ether oxygens (including phenoxy) is 5. The van der Waals surface area contributed by atoms with Gasteiger partial charge in [-0.15, -0.1) is 0 Å². The molecule has 0 spiro atoms. The summed E-state index contributed by atoms with van der Waals surface area (Å²) < 4.78 is 30.2. The zero-order valence-corrected chi connectivity index (χ0v) is 27.7. The minimum absolute atomic E-state index is 0.212. The van der Waals surface area contributed by atoms with E-state index >= 15 is 0 Å². The van der Waals surface area contributed by atoms with Crippen LogP contribution in [0.4, 0.5) is 0 Å². The molecule has 7 nitrogen and oxygen atoms in total. The molecule has 0 atom stereocenters. The summed E-state index contributed by atoms with van der Waals surface area (Å²) in [6, 6.07) is 7.60. The number of carbonyl (C=O) groups is 1. The Balaban J connectivity index is 1.45. The number of esters is 1. The van der Waals surface area contributed by atoms with Gasteiger partial charge in [-0.2, -0.15) is 5.26 Å². The topological polar surface area (TPSA) is 87.0 Å². The number of hydrogen-bond acceptors (Lipinski definition) is 7. The fraction of sp³-hybridized carbons (Fsp3) is 0.784. The summed E-state index contributed by atoms with van der Waals surface area (Å²) in [6.07, 6.45) is 20.2. The molecule has 2 saturated carbocycles. The molecular weight excluding hydrogens is 554 g/mol. The normalized spacial score (nSPS) is 21.8. The maximum absolute atomic E-state index is 13.1. The summed E-state index contributed by atoms with van der Waals surface area (Å²) >= 11 is 0. The maximum Gasteiger partial charge on any atom is 0.342 e. The number of rotatable bonds is 22. The number of hydrogen-bond donors (Lipinski definition) is 0. The summed E-state index contributed by atoms with van der Waals surface area (Å²) in [5.41, 5.74) is 0.392. The van der Waals surface area contributed by atoms with Crippen LogP contribution in [0.2, 0.25) is 0 Å². The highest BCUT2D eigenvalue weighted by molar-refractivity contribution is 5.93. The fourth-order valence-electron chi connectivity index (χ4n) is 6.19. The van der Waals surface area contributed by atoms with Crippen molar-refractivity contribution in [3.8, 4) is 17.6 Å². The molecule has 2 fully saturated rings. The minimum Gasteiger partial charge on any atom is -0.493 e. The molecule has 0 saturated heterocycles. The largest absolute Gasteiger partial charge is 0.493 e. The molecule has 2 aliphatic rings. The smallest absolute Gasteiger partial charge is 0.342 e. The van der Waals surface area contributed by atoms with Gasteiger partial charge in [0, 0.05) is 19.6 Å². The summed E-state index contributed by atoms with van der Waals surface area (Å²) in [7, 11) is 0. The van der Waals surface area contributed by atoms with Gasteiger partial charge in [0.25, 0.3) is 0 Å². The quantitative estimate of drug-likeness (QED) is 0.0951. The minimum atomic E-state index is -0.430. The monoisotopic (exact) mass is 613 g/mol. The molecule has 0 amide bonds. The van der Waals surface area contributed by atoms with E-state index in [9.17, 15) is 4.79 Å². The third-order valence-electron chi connectivity index (χ3n) is 9.09. The van der Waals surface area contributed by atoms with Crippen molar-refractivity contribution in [1.29, 1.82) is 5.26 Å². The van der Waals surface area contributed by atoms with E-state index in [1.807, 2.05) is 12.1 Å². The molecule has 0 heterocycles. The van der Waals surface area contributed by atoms with Crippen molar-refractivity contribution in [3.63, 3.8) is 0 Å². The van der Waals surface area contributed by atoms with Gasteiger partial charge in [-0.05, 0) is 101 Å². The Bertz CT molecular complexity index is 946. The molecule has 248 valence electrons. The van der Waals surface area contributed by atoms with E-state index in [2.05, 4.69) is 19.9 Å². The molecule has 2 aliphatic carbocycles. The number of nitrogens with zero attached hydrogens (tertiary/aromatic N) is 1. The maximum atomic E-state index is 13.1. The van der Waals surface area contributed by atoms with Crippen LogP contribution in [0.25, 0.3) is 0 Å². The lowest BCUT2D eigenvalue weighted by Gasteiger charge is -2.29. The lowest BCUT2D eigenvalue weighted by Crippen LogP contribution is -2.25. The highest BCUT2D eigenvalue weighted by atomic mass is 16.5. The Hall–Kier alpha value is -2.30. The average molecular weight is 614 g/mol. The zero-order chi connectivity index (χ0) is 31.2. The second-order valence-corrected chi connectivity index (χ2v) is 12.8. The number of unbranched alkanes of at least 4 members (excludes halogenated alkanes) is 7. The molecule has 44 heavy (non-hydrogen) atoms. The van der Waals surface area contributed by atoms with E-state index in [0.717, 1.165) is 77.4 Å². The second kappa shape index (κ2) is 22.2. The molecule has 1 aromatic rings. The van der Waals surface area contributed by atoms with Crippen LogP contribution in [0.5, 0.6) is 11.5 Å². The zero-order valence-electron chi connectivity index (χ0n) is 27.7. The third kappa shape index (κ3) is 14.2. The first-order valence-corrected chi connectivity index (χ1v) is 17.8. The van der Waals surface area contributed by atoms with Crippen LogP contribution in [0.3, 0.4) is 0 Å². The predicted molar refractivity (Wildman–Crippen MR) is 174 cm³/mol. The van der Waals surface area contributed by atoms with Gasteiger partial charge in [0.1, 0.15) is 17.1 Å². The van der Waals surface area contributed by atoms with Crippen molar-refractivity contribution < 1.29 is 28.5 Å². The molecule has 0 radical (unpaired) electrons. The molecule has 0 unspecified atom stereocenters. The van der Waals surface area contributed by atoms with Crippen LogP contribution < -0.4 is 9.47 Å². The van der Waals surface area contributed by atoms with Crippen LogP contribution in [0.15, 0.2) is 18.2 Å². The number of carbonyl (C=O) groups excluding carboxylic acids is 1. The SMILES string of the molecule is CCCCCCOC1CCC(COc2ccc(OCC3CCC(OCCCCCC)CC3)c(C(=O)OCCCC#N)c2)CC1. The standard InChI is InChI=1S/C37H59NO6/c1-3-5-7-10-24-40-32-17-13-30(14-18-32)28-43-34-21-22-36(35(27-34)37(39)42-26-12-9-23-38)44-29-31-15-19-33(20-16-31)41-25-11-8-6-4-2/h21-22,27,30-33H,3-20,24-26,28-29H2,1-2H3. The van der Waals surface area contributed by atoms with Gasteiger partial charge in [0.2, 0.25) is 0 Å². The van der Waals surface area contributed by atoms with Gasteiger partial charge in [-0.25, -0.2) is 4.79 Å². The highest BCUT2D eigenvalue weighted by Crippen LogP contribution is 2.31. The molecule has 0 N–H and O–H groups in total. The van der Waals surface area contributed by atoms with Crippen molar-refractivity contribution in [1.82, 2.24) is 0 Å². The van der Waals surface area contributed by atoms with Gasteiger partial charge in [-0.1, -0.05) is 52.4 Å². The Morgan fingerprint density at radius 3 is 1.84 bits per heavy atom. The van der Waals surface area contributed by atoms with E-state index in [0.29, 0.717) is 67.2 Å². The van der Waals surface area contributed by atoms with Crippen LogP contribution in [-0.2, 0) is 14.2 Å². The van der Waals surface area contributed by atoms with Crippen molar-refractivity contribution in [2.75, 3.05) is 33.0 Å². The van der Waals surface area contributed by atoms with Crippen molar-refractivity contribution >= 4 is 5.97 Å². The number of benzene rings is 1. The predicted octanol–water partition coefficient (Wildman–Crippen LogP) is 9.22. The average Bonchev–Trinajstić information content (AvgIpc) is 3.06. The fourth-order valence-corrected chi connectivity index (χ4v) is 6.19. The molecule has 0 bridgehead atoms. The van der Waals surface area contributed by atoms with Crippen LogP contribution >= 0.6 is 0 Å². The van der Waals surface area contributed by atoms with E-state index in [1.54, 1.807) is 6.07 Å². The second-order valence-electron chi connectivity index (χ2n) is 12.8. The van der Waals surface area contributed by atoms with Crippen LogP contribution in [0, 0.1) is 23.2 Å². The van der Waals surface area contributed by atoms with Gasteiger partial charge < -0.3 is 23.7 Å².